The number of anilines is 3. The third kappa shape index (κ3) is 5.33. The van der Waals surface area contributed by atoms with Gasteiger partial charge in [0.1, 0.15) is 0 Å². The largest absolute Gasteiger partial charge is 0.310 e. The van der Waals surface area contributed by atoms with Crippen molar-refractivity contribution in [2.45, 2.75) is 19.3 Å². The number of hydrogen-bond acceptors (Lipinski definition) is 2. The van der Waals surface area contributed by atoms with Gasteiger partial charge in [-0.2, -0.15) is 0 Å². The van der Waals surface area contributed by atoms with Crippen LogP contribution in [0.5, 0.6) is 0 Å². The van der Waals surface area contributed by atoms with Gasteiger partial charge in [-0.1, -0.05) is 141 Å². The second kappa shape index (κ2) is 13.4. The highest BCUT2D eigenvalue weighted by Gasteiger charge is 2.36. The SMILES string of the molecule is CC1(C)c2ccccc2-c2ccc(N(c3ccccc3)c3cc(-c4ccc5sc6ccccc6c5c4)cc(-c4cccc5c6ccccc6n(-c6ccccc6)c45)c3)cc21. The number of rotatable bonds is 6. The van der Waals surface area contributed by atoms with Crippen molar-refractivity contribution in [3.63, 3.8) is 0 Å². The Bertz CT molecular complexity index is 3460. The summed E-state index contributed by atoms with van der Waals surface area (Å²) in [7, 11) is 0. The van der Waals surface area contributed by atoms with Crippen molar-refractivity contribution in [3.05, 3.63) is 217 Å². The van der Waals surface area contributed by atoms with Crippen LogP contribution in [-0.4, -0.2) is 4.57 Å². The van der Waals surface area contributed by atoms with Gasteiger partial charge in [-0.05, 0) is 118 Å². The molecule has 0 atom stereocenters. The van der Waals surface area contributed by atoms with E-state index in [0.29, 0.717) is 0 Å². The Morgan fingerprint density at radius 1 is 0.400 bits per heavy atom. The molecule has 0 N–H and O–H groups in total. The lowest BCUT2D eigenvalue weighted by molar-refractivity contribution is 0.660. The fourth-order valence-corrected chi connectivity index (χ4v) is 11.0. The van der Waals surface area contributed by atoms with Crippen LogP contribution in [-0.2, 0) is 5.41 Å². The molecule has 2 nitrogen and oxygen atoms in total. The monoisotopic (exact) mass is 784 g/mol. The van der Waals surface area contributed by atoms with Crippen molar-refractivity contribution in [1.29, 1.82) is 0 Å². The van der Waals surface area contributed by atoms with Crippen LogP contribution in [0.4, 0.5) is 17.1 Å². The fourth-order valence-electron chi connectivity index (χ4n) is 9.92. The summed E-state index contributed by atoms with van der Waals surface area (Å²) in [6.07, 6.45) is 0. The molecule has 0 saturated carbocycles. The highest BCUT2D eigenvalue weighted by Crippen LogP contribution is 2.51. The molecule has 1 aliphatic carbocycles. The predicted octanol–water partition coefficient (Wildman–Crippen LogP) is 16.3. The minimum absolute atomic E-state index is 0.128. The molecule has 0 amide bonds. The number of thiophene rings is 1. The van der Waals surface area contributed by atoms with Crippen LogP contribution in [0, 0.1) is 0 Å². The molecule has 9 aromatic carbocycles. The van der Waals surface area contributed by atoms with E-state index in [2.05, 4.69) is 230 Å². The fraction of sp³-hybridized carbons (Fsp3) is 0.0526. The predicted molar refractivity (Wildman–Crippen MR) is 257 cm³/mol. The summed E-state index contributed by atoms with van der Waals surface area (Å²) < 4.78 is 5.07. The minimum Gasteiger partial charge on any atom is -0.310 e. The molecule has 60 heavy (non-hydrogen) atoms. The van der Waals surface area contributed by atoms with E-state index in [0.717, 1.165) is 28.3 Å². The van der Waals surface area contributed by atoms with E-state index < -0.39 is 0 Å². The third-order valence-corrected chi connectivity index (χ3v) is 13.9. The van der Waals surface area contributed by atoms with Gasteiger partial charge in [0.15, 0.2) is 0 Å². The molecule has 0 aliphatic heterocycles. The van der Waals surface area contributed by atoms with E-state index in [1.807, 2.05) is 11.3 Å². The topological polar surface area (TPSA) is 8.17 Å². The first-order chi connectivity index (χ1) is 29.5. The van der Waals surface area contributed by atoms with Crippen molar-refractivity contribution in [2.24, 2.45) is 0 Å². The van der Waals surface area contributed by atoms with Gasteiger partial charge in [0.05, 0.1) is 11.0 Å². The zero-order valence-corrected chi connectivity index (χ0v) is 34.2. The molecule has 11 aromatic rings. The van der Waals surface area contributed by atoms with Crippen molar-refractivity contribution >= 4 is 70.4 Å². The lowest BCUT2D eigenvalue weighted by atomic mass is 9.82. The van der Waals surface area contributed by atoms with E-state index in [1.54, 1.807) is 0 Å². The number of benzene rings is 9. The average molecular weight is 785 g/mol. The van der Waals surface area contributed by atoms with Crippen molar-refractivity contribution in [2.75, 3.05) is 4.90 Å². The minimum atomic E-state index is -0.128. The number of aromatic nitrogens is 1. The van der Waals surface area contributed by atoms with Crippen molar-refractivity contribution < 1.29 is 0 Å². The molecule has 284 valence electrons. The van der Waals surface area contributed by atoms with Gasteiger partial charge in [-0.25, -0.2) is 0 Å². The molecule has 0 fully saturated rings. The smallest absolute Gasteiger partial charge is 0.0619 e. The molecule has 0 spiro atoms. The maximum absolute atomic E-state index is 2.46. The van der Waals surface area contributed by atoms with Crippen molar-refractivity contribution in [1.82, 2.24) is 4.57 Å². The van der Waals surface area contributed by atoms with Crippen LogP contribution >= 0.6 is 11.3 Å². The molecule has 0 radical (unpaired) electrons. The average Bonchev–Trinajstić information content (AvgIpc) is 3.92. The molecular weight excluding hydrogens is 745 g/mol. The lowest BCUT2D eigenvalue weighted by Crippen LogP contribution is -2.16. The highest BCUT2D eigenvalue weighted by molar-refractivity contribution is 7.25. The summed E-state index contributed by atoms with van der Waals surface area (Å²) in [6.45, 7) is 4.73. The quantitative estimate of drug-likeness (QED) is 0.163. The molecule has 0 saturated heterocycles. The van der Waals surface area contributed by atoms with E-state index >= 15 is 0 Å². The zero-order chi connectivity index (χ0) is 40.0. The van der Waals surface area contributed by atoms with Gasteiger partial charge in [0.2, 0.25) is 0 Å². The van der Waals surface area contributed by atoms with Crippen LogP contribution in [0.3, 0.4) is 0 Å². The van der Waals surface area contributed by atoms with Gasteiger partial charge in [-0.15, -0.1) is 11.3 Å². The molecule has 0 unspecified atom stereocenters. The summed E-state index contributed by atoms with van der Waals surface area (Å²) >= 11 is 1.87. The van der Waals surface area contributed by atoms with E-state index in [9.17, 15) is 0 Å². The first kappa shape index (κ1) is 34.8. The number of para-hydroxylation sites is 4. The number of nitrogens with zero attached hydrogens (tertiary/aromatic N) is 2. The van der Waals surface area contributed by atoms with Gasteiger partial charge in [0, 0.05) is 64.7 Å². The molecular formula is C57H40N2S. The van der Waals surface area contributed by atoms with E-state index in [-0.39, 0.29) is 5.41 Å². The molecule has 0 bridgehead atoms. The standard InChI is InChI=1S/C57H40N2S/c1-57(2)51-25-12-9-20-45(51)46-30-29-42(36-52(46)57)58(40-16-5-3-6-17-40)43-33-38(37-28-31-55-50(35-37)48-22-11-14-27-54(48)60-55)32-39(34-43)44-23-15-24-49-47-21-10-13-26-53(47)59(56(44)49)41-18-7-4-8-19-41/h3-36H,1-2H3. The maximum Gasteiger partial charge on any atom is 0.0619 e. The van der Waals surface area contributed by atoms with Crippen molar-refractivity contribution in [3.8, 4) is 39.1 Å². The van der Waals surface area contributed by atoms with Gasteiger partial charge < -0.3 is 9.47 Å². The molecule has 2 aromatic heterocycles. The van der Waals surface area contributed by atoms with Crippen LogP contribution in [0.2, 0.25) is 0 Å². The Kier molecular flexibility index (Phi) is 7.79. The Hall–Kier alpha value is -7.20. The van der Waals surface area contributed by atoms with Gasteiger partial charge >= 0.3 is 0 Å². The van der Waals surface area contributed by atoms with Crippen LogP contribution in [0.15, 0.2) is 206 Å². The molecule has 1 aliphatic rings. The van der Waals surface area contributed by atoms with E-state index in [1.165, 1.54) is 80.9 Å². The van der Waals surface area contributed by atoms with Crippen LogP contribution in [0.25, 0.3) is 81.0 Å². The van der Waals surface area contributed by atoms with Gasteiger partial charge in [-0.3, -0.25) is 0 Å². The first-order valence-electron chi connectivity index (χ1n) is 20.8. The maximum atomic E-state index is 2.46. The first-order valence-corrected chi connectivity index (χ1v) is 21.6. The summed E-state index contributed by atoms with van der Waals surface area (Å²) in [4.78, 5) is 2.46. The zero-order valence-electron chi connectivity index (χ0n) is 33.4. The molecule has 2 heterocycles. The third-order valence-electron chi connectivity index (χ3n) is 12.7. The Morgan fingerprint density at radius 2 is 1.07 bits per heavy atom. The Morgan fingerprint density at radius 3 is 1.93 bits per heavy atom. The lowest BCUT2D eigenvalue weighted by Gasteiger charge is -2.29. The highest BCUT2D eigenvalue weighted by atomic mass is 32.1. The summed E-state index contributed by atoms with van der Waals surface area (Å²) in [6, 6.07) is 76.3. The normalized spacial score (nSPS) is 13.0. The van der Waals surface area contributed by atoms with E-state index in [4.69, 9.17) is 0 Å². The number of fused-ring (bicyclic) bond motifs is 9. The van der Waals surface area contributed by atoms with Gasteiger partial charge in [0.25, 0.3) is 0 Å². The second-order valence-corrected chi connectivity index (χ2v) is 17.6. The Labute approximate surface area is 353 Å². The Balaban J connectivity index is 1.14. The molecule has 12 rings (SSSR count). The van der Waals surface area contributed by atoms with Crippen LogP contribution < -0.4 is 4.90 Å². The second-order valence-electron chi connectivity index (χ2n) is 16.5. The summed E-state index contributed by atoms with van der Waals surface area (Å²) in [5.74, 6) is 0. The van der Waals surface area contributed by atoms with Crippen LogP contribution in [0.1, 0.15) is 25.0 Å². The number of hydrogen-bond donors (Lipinski definition) is 0. The molecule has 3 heteroatoms. The summed E-state index contributed by atoms with van der Waals surface area (Å²) in [5.41, 5.74) is 16.9. The summed E-state index contributed by atoms with van der Waals surface area (Å²) in [5, 5.41) is 5.09.